The van der Waals surface area contributed by atoms with Crippen molar-refractivity contribution in [1.29, 1.82) is 0 Å². The minimum atomic E-state index is -0.0748. The minimum absolute atomic E-state index is 0.0748. The molecular weight excluding hydrogens is 392 g/mol. The van der Waals surface area contributed by atoms with Gasteiger partial charge in [-0.3, -0.25) is 13.8 Å². The second kappa shape index (κ2) is 8.75. The van der Waals surface area contributed by atoms with E-state index in [4.69, 9.17) is 9.26 Å². The van der Waals surface area contributed by atoms with Crippen LogP contribution in [0.2, 0.25) is 0 Å². The summed E-state index contributed by atoms with van der Waals surface area (Å²) in [5.74, 6) is 2.26. The number of nitrogens with zero attached hydrogens (tertiary/aromatic N) is 6. The Hall–Kier alpha value is -2.72. The molecular formula is C19H22N6O3S. The zero-order valence-corrected chi connectivity index (χ0v) is 17.2. The maximum absolute atomic E-state index is 13.0. The molecule has 3 heterocycles. The van der Waals surface area contributed by atoms with Crippen LogP contribution in [0.3, 0.4) is 0 Å². The van der Waals surface area contributed by atoms with E-state index in [1.165, 1.54) is 11.8 Å². The van der Waals surface area contributed by atoms with E-state index in [2.05, 4.69) is 27.3 Å². The van der Waals surface area contributed by atoms with Gasteiger partial charge in [0.2, 0.25) is 11.7 Å². The lowest BCUT2D eigenvalue weighted by molar-refractivity contribution is 0.190. The molecule has 0 aliphatic heterocycles. The first kappa shape index (κ1) is 19.6. The number of aromatic nitrogens is 6. The first-order chi connectivity index (χ1) is 14.2. The summed E-state index contributed by atoms with van der Waals surface area (Å²) in [7, 11) is 1.65. The molecule has 0 N–H and O–H groups in total. The molecule has 0 saturated carbocycles. The second-order valence-electron chi connectivity index (χ2n) is 6.58. The molecule has 0 bridgehead atoms. The van der Waals surface area contributed by atoms with E-state index in [1.54, 1.807) is 11.7 Å². The second-order valence-corrected chi connectivity index (χ2v) is 7.52. The standard InChI is InChI=1S/C19H22N6O3S/c1-3-7-15-20-16(28-23-15)12-29-19-22-21-18-24(10-6-11-27-2)17(26)13-8-4-5-9-14(13)25(18)19/h4-5,8-9H,3,6-7,10-12H2,1-2H3. The first-order valence-electron chi connectivity index (χ1n) is 9.52. The highest BCUT2D eigenvalue weighted by Gasteiger charge is 2.17. The van der Waals surface area contributed by atoms with E-state index < -0.39 is 0 Å². The molecule has 0 aliphatic rings. The van der Waals surface area contributed by atoms with Gasteiger partial charge in [0.1, 0.15) is 0 Å². The monoisotopic (exact) mass is 414 g/mol. The van der Waals surface area contributed by atoms with Crippen molar-refractivity contribution in [2.24, 2.45) is 0 Å². The molecule has 0 spiro atoms. The summed E-state index contributed by atoms with van der Waals surface area (Å²) in [4.78, 5) is 17.4. The fraction of sp³-hybridized carbons (Fsp3) is 0.421. The van der Waals surface area contributed by atoms with Crippen LogP contribution in [0.15, 0.2) is 38.7 Å². The quantitative estimate of drug-likeness (QED) is 0.304. The van der Waals surface area contributed by atoms with E-state index in [0.717, 1.165) is 18.4 Å². The maximum atomic E-state index is 13.0. The molecule has 0 unspecified atom stereocenters. The average molecular weight is 414 g/mol. The topological polar surface area (TPSA) is 100 Å². The van der Waals surface area contributed by atoms with E-state index >= 15 is 0 Å². The number of aryl methyl sites for hydroxylation is 2. The first-order valence-corrected chi connectivity index (χ1v) is 10.5. The van der Waals surface area contributed by atoms with Crippen molar-refractivity contribution in [3.8, 4) is 0 Å². The molecule has 3 aromatic heterocycles. The van der Waals surface area contributed by atoms with E-state index in [9.17, 15) is 4.79 Å². The van der Waals surface area contributed by atoms with Gasteiger partial charge in [0, 0.05) is 26.7 Å². The van der Waals surface area contributed by atoms with Crippen molar-refractivity contribution < 1.29 is 9.26 Å². The number of para-hydroxylation sites is 1. The molecule has 152 valence electrons. The van der Waals surface area contributed by atoms with Gasteiger partial charge >= 0.3 is 0 Å². The predicted molar refractivity (Wildman–Crippen MR) is 109 cm³/mol. The Morgan fingerprint density at radius 2 is 2.10 bits per heavy atom. The normalized spacial score (nSPS) is 11.7. The number of rotatable bonds is 9. The summed E-state index contributed by atoms with van der Waals surface area (Å²) in [6.07, 6.45) is 2.47. The Morgan fingerprint density at radius 3 is 2.93 bits per heavy atom. The average Bonchev–Trinajstić information content (AvgIpc) is 3.36. The molecule has 0 atom stereocenters. The van der Waals surface area contributed by atoms with Crippen molar-refractivity contribution in [1.82, 2.24) is 29.3 Å². The smallest absolute Gasteiger partial charge is 0.262 e. The Balaban J connectivity index is 1.72. The molecule has 0 saturated heterocycles. The van der Waals surface area contributed by atoms with Crippen LogP contribution in [0, 0.1) is 0 Å². The molecule has 1 aromatic carbocycles. The highest BCUT2D eigenvalue weighted by Crippen LogP contribution is 2.24. The van der Waals surface area contributed by atoms with Gasteiger partial charge in [0.25, 0.3) is 5.56 Å². The number of ether oxygens (including phenoxy) is 1. The van der Waals surface area contributed by atoms with Gasteiger partial charge in [-0.05, 0) is 25.0 Å². The van der Waals surface area contributed by atoms with Crippen LogP contribution < -0.4 is 5.56 Å². The molecule has 0 amide bonds. The fourth-order valence-corrected chi connectivity index (χ4v) is 3.97. The highest BCUT2D eigenvalue weighted by atomic mass is 32.2. The zero-order chi connectivity index (χ0) is 20.2. The highest BCUT2D eigenvalue weighted by molar-refractivity contribution is 7.98. The summed E-state index contributed by atoms with van der Waals surface area (Å²) in [5.41, 5.74) is 0.703. The van der Waals surface area contributed by atoms with Gasteiger partial charge in [0.05, 0.1) is 16.7 Å². The van der Waals surface area contributed by atoms with Crippen molar-refractivity contribution in [3.05, 3.63) is 46.3 Å². The Kier molecular flexibility index (Phi) is 5.91. The Bertz CT molecular complexity index is 1180. The van der Waals surface area contributed by atoms with E-state index in [-0.39, 0.29) is 5.56 Å². The third-order valence-electron chi connectivity index (χ3n) is 4.52. The molecule has 10 heteroatoms. The van der Waals surface area contributed by atoms with Gasteiger partial charge in [-0.2, -0.15) is 4.98 Å². The predicted octanol–water partition coefficient (Wildman–Crippen LogP) is 2.71. The molecule has 29 heavy (non-hydrogen) atoms. The van der Waals surface area contributed by atoms with Gasteiger partial charge in [-0.25, -0.2) is 0 Å². The van der Waals surface area contributed by atoms with Crippen LogP contribution in [-0.4, -0.2) is 43.0 Å². The maximum Gasteiger partial charge on any atom is 0.262 e. The fourth-order valence-electron chi connectivity index (χ4n) is 3.20. The summed E-state index contributed by atoms with van der Waals surface area (Å²) >= 11 is 1.45. The number of fused-ring (bicyclic) bond motifs is 3. The van der Waals surface area contributed by atoms with Gasteiger partial charge < -0.3 is 9.26 Å². The van der Waals surface area contributed by atoms with Crippen molar-refractivity contribution in [3.63, 3.8) is 0 Å². The van der Waals surface area contributed by atoms with Crippen LogP contribution in [0.1, 0.15) is 31.5 Å². The summed E-state index contributed by atoms with van der Waals surface area (Å²) in [6, 6.07) is 7.50. The zero-order valence-electron chi connectivity index (χ0n) is 16.4. The van der Waals surface area contributed by atoms with Crippen LogP contribution >= 0.6 is 11.8 Å². The third-order valence-corrected chi connectivity index (χ3v) is 5.43. The van der Waals surface area contributed by atoms with Crippen LogP contribution in [0.5, 0.6) is 0 Å². The molecule has 4 rings (SSSR count). The number of methoxy groups -OCH3 is 1. The minimum Gasteiger partial charge on any atom is -0.385 e. The SMILES string of the molecule is CCCc1noc(CSc2nnc3n(CCCOC)c(=O)c4ccccc4n23)n1. The molecule has 0 fully saturated rings. The van der Waals surface area contributed by atoms with Gasteiger partial charge in [0.15, 0.2) is 11.0 Å². The molecule has 0 aliphatic carbocycles. The summed E-state index contributed by atoms with van der Waals surface area (Å²) in [6.45, 7) is 3.15. The summed E-state index contributed by atoms with van der Waals surface area (Å²) in [5, 5.41) is 13.9. The number of thioether (sulfide) groups is 1. The number of hydrogen-bond donors (Lipinski definition) is 0. The van der Waals surface area contributed by atoms with Crippen molar-refractivity contribution in [2.45, 2.75) is 43.6 Å². The lowest BCUT2D eigenvalue weighted by Crippen LogP contribution is -2.24. The summed E-state index contributed by atoms with van der Waals surface area (Å²) < 4.78 is 14.0. The van der Waals surface area contributed by atoms with Crippen molar-refractivity contribution >= 4 is 28.4 Å². The number of benzene rings is 1. The van der Waals surface area contributed by atoms with Crippen LogP contribution in [0.25, 0.3) is 16.7 Å². The molecule has 4 aromatic rings. The number of hydrogen-bond acceptors (Lipinski definition) is 8. The Labute approximate surface area is 171 Å². The Morgan fingerprint density at radius 1 is 1.24 bits per heavy atom. The van der Waals surface area contributed by atoms with Gasteiger partial charge in [-0.1, -0.05) is 36.0 Å². The van der Waals surface area contributed by atoms with Crippen LogP contribution in [-0.2, 0) is 23.5 Å². The van der Waals surface area contributed by atoms with E-state index in [0.29, 0.717) is 53.4 Å². The molecule has 0 radical (unpaired) electrons. The lowest BCUT2D eigenvalue weighted by Gasteiger charge is -2.10. The lowest BCUT2D eigenvalue weighted by atomic mass is 10.2. The van der Waals surface area contributed by atoms with E-state index in [1.807, 2.05) is 28.7 Å². The largest absolute Gasteiger partial charge is 0.385 e. The third kappa shape index (κ3) is 3.90. The van der Waals surface area contributed by atoms with Gasteiger partial charge in [-0.15, -0.1) is 10.2 Å². The van der Waals surface area contributed by atoms with Crippen LogP contribution in [0.4, 0.5) is 0 Å². The molecule has 9 nitrogen and oxygen atoms in total. The van der Waals surface area contributed by atoms with Crippen molar-refractivity contribution in [2.75, 3.05) is 13.7 Å².